The highest BCUT2D eigenvalue weighted by Crippen LogP contribution is 2.65. The van der Waals surface area contributed by atoms with Crippen molar-refractivity contribution in [3.8, 4) is 5.75 Å². The van der Waals surface area contributed by atoms with E-state index in [1.807, 2.05) is 19.1 Å². The molecule has 3 saturated carbocycles. The SMILES string of the molecule is CCCc1c(C)c2ccc(OCC(=O)O[C@H]3CC[C@@]4(C)C(=CC[C@H]5[C@H]6CC[C@@H]([C@@H](C)CCCC(C)C)C[C@@]6(C)CC[C@@H]54)C3)cc2oc1=O. The first-order chi connectivity index (χ1) is 22.9. The first-order valence-electron chi connectivity index (χ1n) is 19.5. The molecule has 4 aliphatic rings. The van der Waals surface area contributed by atoms with Gasteiger partial charge in [-0.2, -0.15) is 0 Å². The van der Waals surface area contributed by atoms with E-state index in [1.54, 1.807) is 6.07 Å². The van der Waals surface area contributed by atoms with Crippen molar-refractivity contribution in [3.63, 3.8) is 0 Å². The maximum atomic E-state index is 13.0. The fourth-order valence-electron chi connectivity index (χ4n) is 11.0. The summed E-state index contributed by atoms with van der Waals surface area (Å²) >= 11 is 0. The van der Waals surface area contributed by atoms with Crippen LogP contribution in [0.15, 0.2) is 39.1 Å². The Labute approximate surface area is 289 Å². The summed E-state index contributed by atoms with van der Waals surface area (Å²) in [7, 11) is 0. The van der Waals surface area contributed by atoms with Crippen molar-refractivity contribution in [1.29, 1.82) is 0 Å². The van der Waals surface area contributed by atoms with Gasteiger partial charge in [0, 0.05) is 23.4 Å². The zero-order valence-electron chi connectivity index (χ0n) is 31.0. The van der Waals surface area contributed by atoms with E-state index >= 15 is 0 Å². The molecule has 1 heterocycles. The second-order valence-electron chi connectivity index (χ2n) is 17.3. The summed E-state index contributed by atoms with van der Waals surface area (Å²) in [6, 6.07) is 5.45. The molecule has 5 heteroatoms. The molecule has 2 aromatic rings. The summed E-state index contributed by atoms with van der Waals surface area (Å²) in [4.78, 5) is 25.5. The molecule has 264 valence electrons. The number of hydrogen-bond acceptors (Lipinski definition) is 5. The third kappa shape index (κ3) is 7.04. The lowest BCUT2D eigenvalue weighted by atomic mass is 9.44. The monoisotopic (exact) mass is 658 g/mol. The molecule has 8 atom stereocenters. The van der Waals surface area contributed by atoms with Gasteiger partial charge in [-0.1, -0.05) is 78.9 Å². The Hall–Kier alpha value is -2.56. The molecule has 3 fully saturated rings. The van der Waals surface area contributed by atoms with E-state index in [9.17, 15) is 9.59 Å². The average molecular weight is 659 g/mol. The molecule has 1 aromatic carbocycles. The third-order valence-electron chi connectivity index (χ3n) is 13.8. The Morgan fingerprint density at radius 1 is 1.04 bits per heavy atom. The predicted molar refractivity (Wildman–Crippen MR) is 194 cm³/mol. The van der Waals surface area contributed by atoms with Crippen LogP contribution in [-0.2, 0) is 16.0 Å². The van der Waals surface area contributed by atoms with Gasteiger partial charge in [0.25, 0.3) is 0 Å². The van der Waals surface area contributed by atoms with Gasteiger partial charge in [-0.3, -0.25) is 0 Å². The van der Waals surface area contributed by atoms with Gasteiger partial charge in [-0.05, 0) is 129 Å². The summed E-state index contributed by atoms with van der Waals surface area (Å²) in [5.41, 5.74) is 4.14. The summed E-state index contributed by atoms with van der Waals surface area (Å²) < 4.78 is 17.4. The predicted octanol–water partition coefficient (Wildman–Crippen LogP) is 10.8. The minimum Gasteiger partial charge on any atom is -0.482 e. The Balaban J connectivity index is 1.03. The molecule has 0 spiro atoms. The summed E-state index contributed by atoms with van der Waals surface area (Å²) in [6.07, 6.45) is 19.3. The fraction of sp³-hybridized carbons (Fsp3) is 0.721. The number of benzene rings is 1. The highest BCUT2D eigenvalue weighted by atomic mass is 16.6. The Kier molecular flexibility index (Phi) is 10.5. The van der Waals surface area contributed by atoms with Crippen molar-refractivity contribution in [2.45, 2.75) is 144 Å². The molecule has 0 radical (unpaired) electrons. The molecule has 0 aliphatic heterocycles. The van der Waals surface area contributed by atoms with Crippen LogP contribution in [0.1, 0.15) is 136 Å². The zero-order chi connectivity index (χ0) is 34.2. The molecule has 4 aliphatic carbocycles. The van der Waals surface area contributed by atoms with Gasteiger partial charge in [-0.25, -0.2) is 9.59 Å². The number of esters is 1. The van der Waals surface area contributed by atoms with Gasteiger partial charge in [0.2, 0.25) is 0 Å². The number of carbonyl (C=O) groups is 1. The molecule has 5 nitrogen and oxygen atoms in total. The molecule has 0 amide bonds. The van der Waals surface area contributed by atoms with Gasteiger partial charge in [0.1, 0.15) is 17.4 Å². The lowest BCUT2D eigenvalue weighted by Crippen LogP contribution is -2.52. The van der Waals surface area contributed by atoms with E-state index in [1.165, 1.54) is 63.4 Å². The first-order valence-corrected chi connectivity index (χ1v) is 19.5. The second-order valence-corrected chi connectivity index (χ2v) is 17.3. The maximum Gasteiger partial charge on any atom is 0.344 e. The number of allylic oxidation sites excluding steroid dienone is 1. The van der Waals surface area contributed by atoms with Gasteiger partial charge in [0.05, 0.1) is 0 Å². The first kappa shape index (κ1) is 35.3. The molecule has 0 bridgehead atoms. The normalized spacial score (nSPS) is 32.2. The summed E-state index contributed by atoms with van der Waals surface area (Å²) in [6.45, 7) is 16.3. The minimum absolute atomic E-state index is 0.0901. The van der Waals surface area contributed by atoms with Crippen LogP contribution >= 0.6 is 0 Å². The highest BCUT2D eigenvalue weighted by Gasteiger charge is 2.56. The number of carbonyl (C=O) groups excluding carboxylic acids is 1. The van der Waals surface area contributed by atoms with Gasteiger partial charge < -0.3 is 13.9 Å². The van der Waals surface area contributed by atoms with E-state index < -0.39 is 0 Å². The van der Waals surface area contributed by atoms with E-state index in [0.717, 1.165) is 77.7 Å². The molecular formula is C43H62O5. The number of aryl methyl sites for hydroxylation is 1. The average Bonchev–Trinajstić information content (AvgIpc) is 3.04. The Morgan fingerprint density at radius 3 is 2.62 bits per heavy atom. The fourth-order valence-corrected chi connectivity index (χ4v) is 11.0. The quantitative estimate of drug-likeness (QED) is 0.137. The van der Waals surface area contributed by atoms with Crippen molar-refractivity contribution in [2.75, 3.05) is 6.61 Å². The summed E-state index contributed by atoms with van der Waals surface area (Å²) in [5, 5.41) is 0.901. The smallest absolute Gasteiger partial charge is 0.344 e. The number of fused-ring (bicyclic) bond motifs is 6. The van der Waals surface area contributed by atoms with Crippen molar-refractivity contribution < 1.29 is 18.7 Å². The number of hydrogen-bond donors (Lipinski definition) is 0. The molecule has 0 N–H and O–H groups in total. The van der Waals surface area contributed by atoms with Crippen LogP contribution in [0.5, 0.6) is 5.75 Å². The lowest BCUT2D eigenvalue weighted by molar-refractivity contribution is -0.154. The molecule has 0 saturated heterocycles. The van der Waals surface area contributed by atoms with Crippen LogP contribution in [0.3, 0.4) is 0 Å². The van der Waals surface area contributed by atoms with E-state index in [-0.39, 0.29) is 29.7 Å². The van der Waals surface area contributed by atoms with Crippen LogP contribution in [0, 0.1) is 53.3 Å². The van der Waals surface area contributed by atoms with Gasteiger partial charge in [-0.15, -0.1) is 0 Å². The van der Waals surface area contributed by atoms with Crippen molar-refractivity contribution in [2.24, 2.45) is 46.3 Å². The largest absolute Gasteiger partial charge is 0.482 e. The van der Waals surface area contributed by atoms with Crippen molar-refractivity contribution >= 4 is 16.9 Å². The van der Waals surface area contributed by atoms with Crippen LogP contribution in [-0.4, -0.2) is 18.7 Å². The molecule has 48 heavy (non-hydrogen) atoms. The minimum atomic E-state index is -0.336. The van der Waals surface area contributed by atoms with Crippen LogP contribution in [0.2, 0.25) is 0 Å². The van der Waals surface area contributed by atoms with Crippen molar-refractivity contribution in [1.82, 2.24) is 0 Å². The second kappa shape index (κ2) is 14.4. The third-order valence-corrected chi connectivity index (χ3v) is 13.8. The van der Waals surface area contributed by atoms with E-state index in [2.05, 4.69) is 47.6 Å². The zero-order valence-corrected chi connectivity index (χ0v) is 31.0. The van der Waals surface area contributed by atoms with Gasteiger partial charge >= 0.3 is 11.6 Å². The van der Waals surface area contributed by atoms with Crippen LogP contribution in [0.25, 0.3) is 11.0 Å². The Bertz CT molecular complexity index is 1550. The molecular weight excluding hydrogens is 596 g/mol. The van der Waals surface area contributed by atoms with E-state index in [4.69, 9.17) is 13.9 Å². The number of ether oxygens (including phenoxy) is 2. The van der Waals surface area contributed by atoms with E-state index in [0.29, 0.717) is 23.2 Å². The molecule has 1 aromatic heterocycles. The van der Waals surface area contributed by atoms with Crippen LogP contribution < -0.4 is 10.4 Å². The number of rotatable bonds is 11. The molecule has 6 rings (SSSR count). The topological polar surface area (TPSA) is 65.7 Å². The lowest BCUT2D eigenvalue weighted by Gasteiger charge is -2.61. The standard InChI is InChI=1S/C43H62O5/c1-8-10-35-29(5)34-17-15-32(24-39(34)48-41(35)45)46-26-40(44)47-33-19-22-43(7)31(23-33)14-16-36-37-18-13-30(28(4)12-9-11-27(2)3)25-42(37,6)21-20-38(36)43/h14-15,17,24,27-28,30,33,36-38H,8-13,16,18-23,25-26H2,1-7H3/t28-,30+,33-,36-,37+,38-,42+,43-/m0/s1. The maximum absolute atomic E-state index is 13.0. The van der Waals surface area contributed by atoms with Crippen molar-refractivity contribution in [3.05, 3.63) is 51.4 Å². The van der Waals surface area contributed by atoms with Gasteiger partial charge in [0.15, 0.2) is 6.61 Å². The Morgan fingerprint density at radius 2 is 1.85 bits per heavy atom. The summed E-state index contributed by atoms with van der Waals surface area (Å²) in [5.74, 6) is 5.15. The van der Waals surface area contributed by atoms with Crippen LogP contribution in [0.4, 0.5) is 0 Å². The highest BCUT2D eigenvalue weighted by molar-refractivity contribution is 5.82. The molecule has 0 unspecified atom stereocenters.